The number of nitrogens with zero attached hydrogens (tertiary/aromatic N) is 1. The number of nitrogens with two attached hydrogens (primary N) is 1. The summed E-state index contributed by atoms with van der Waals surface area (Å²) < 4.78 is 5.29. The SMILES string of the molecule is Nc1cc2c(cc1NCc1nccs1)NC(=O)CO2. The minimum absolute atomic E-state index is 0.0261. The van der Waals surface area contributed by atoms with E-state index < -0.39 is 0 Å². The predicted octanol–water partition coefficient (Wildman–Crippen LogP) is 1.67. The first kappa shape index (κ1) is 11.8. The van der Waals surface area contributed by atoms with Crippen molar-refractivity contribution >= 4 is 34.3 Å². The molecular formula is C12H12N4O2S. The molecule has 0 saturated carbocycles. The molecule has 0 atom stereocenters. The summed E-state index contributed by atoms with van der Waals surface area (Å²) in [5, 5.41) is 8.83. The molecule has 2 aromatic rings. The lowest BCUT2D eigenvalue weighted by Gasteiger charge is -2.20. The molecule has 3 rings (SSSR count). The molecule has 2 heterocycles. The molecule has 1 aliphatic rings. The van der Waals surface area contributed by atoms with Crippen molar-refractivity contribution in [1.82, 2.24) is 4.98 Å². The van der Waals surface area contributed by atoms with Crippen LogP contribution in [0, 0.1) is 0 Å². The number of aromatic nitrogens is 1. The molecule has 7 heteroatoms. The van der Waals surface area contributed by atoms with Crippen LogP contribution in [-0.4, -0.2) is 17.5 Å². The standard InChI is InChI=1S/C12H12N4O2S/c13-7-3-10-9(16-11(17)6-18-10)4-8(7)15-5-12-14-1-2-19-12/h1-4,15H,5-6,13H2,(H,16,17). The Hall–Kier alpha value is -2.28. The number of hydrogen-bond donors (Lipinski definition) is 3. The molecule has 0 fully saturated rings. The van der Waals surface area contributed by atoms with Gasteiger partial charge in [-0.05, 0) is 6.07 Å². The molecule has 1 amide bonds. The maximum atomic E-state index is 11.3. The Morgan fingerprint density at radius 3 is 3.21 bits per heavy atom. The summed E-state index contributed by atoms with van der Waals surface area (Å²) in [5.41, 5.74) is 7.90. The van der Waals surface area contributed by atoms with Crippen molar-refractivity contribution in [2.24, 2.45) is 0 Å². The van der Waals surface area contributed by atoms with Crippen LogP contribution in [0.25, 0.3) is 0 Å². The monoisotopic (exact) mass is 276 g/mol. The maximum absolute atomic E-state index is 11.3. The van der Waals surface area contributed by atoms with Gasteiger partial charge in [-0.1, -0.05) is 0 Å². The van der Waals surface area contributed by atoms with E-state index in [0.717, 1.165) is 10.7 Å². The second-order valence-electron chi connectivity index (χ2n) is 4.05. The van der Waals surface area contributed by atoms with Gasteiger partial charge in [-0.3, -0.25) is 4.79 Å². The van der Waals surface area contributed by atoms with Crippen molar-refractivity contribution in [2.45, 2.75) is 6.54 Å². The lowest BCUT2D eigenvalue weighted by atomic mass is 10.2. The van der Waals surface area contributed by atoms with E-state index >= 15 is 0 Å². The maximum Gasteiger partial charge on any atom is 0.262 e. The molecule has 0 spiro atoms. The number of carbonyl (C=O) groups excluding carboxylic acids is 1. The Morgan fingerprint density at radius 2 is 2.42 bits per heavy atom. The Kier molecular flexibility index (Phi) is 2.96. The second kappa shape index (κ2) is 4.77. The fourth-order valence-corrected chi connectivity index (χ4v) is 2.36. The van der Waals surface area contributed by atoms with E-state index in [1.165, 1.54) is 0 Å². The summed E-state index contributed by atoms with van der Waals surface area (Å²) in [5.74, 6) is 0.431. The molecule has 0 unspecified atom stereocenters. The number of hydrogen-bond acceptors (Lipinski definition) is 6. The fourth-order valence-electron chi connectivity index (χ4n) is 1.81. The van der Waals surface area contributed by atoms with Crippen molar-refractivity contribution in [3.63, 3.8) is 0 Å². The van der Waals surface area contributed by atoms with Gasteiger partial charge in [-0.15, -0.1) is 11.3 Å². The second-order valence-corrected chi connectivity index (χ2v) is 5.03. The van der Waals surface area contributed by atoms with Gasteiger partial charge in [-0.2, -0.15) is 0 Å². The smallest absolute Gasteiger partial charge is 0.262 e. The third kappa shape index (κ3) is 2.45. The third-order valence-corrected chi connectivity index (χ3v) is 3.48. The lowest BCUT2D eigenvalue weighted by molar-refractivity contribution is -0.118. The van der Waals surface area contributed by atoms with Gasteiger partial charge in [0.25, 0.3) is 5.91 Å². The summed E-state index contributed by atoms with van der Waals surface area (Å²) in [7, 11) is 0. The number of nitrogens with one attached hydrogen (secondary N) is 2. The summed E-state index contributed by atoms with van der Waals surface area (Å²) in [6.07, 6.45) is 1.76. The quantitative estimate of drug-likeness (QED) is 0.742. The first-order chi connectivity index (χ1) is 9.22. The first-order valence-electron chi connectivity index (χ1n) is 5.71. The zero-order chi connectivity index (χ0) is 13.2. The molecule has 1 aromatic carbocycles. The van der Waals surface area contributed by atoms with Crippen LogP contribution in [0.2, 0.25) is 0 Å². The molecule has 4 N–H and O–H groups in total. The summed E-state index contributed by atoms with van der Waals surface area (Å²) >= 11 is 1.57. The van der Waals surface area contributed by atoms with E-state index in [-0.39, 0.29) is 12.5 Å². The molecule has 19 heavy (non-hydrogen) atoms. The normalized spacial score (nSPS) is 13.4. The van der Waals surface area contributed by atoms with Gasteiger partial charge in [0.1, 0.15) is 10.8 Å². The fraction of sp³-hybridized carbons (Fsp3) is 0.167. The van der Waals surface area contributed by atoms with Gasteiger partial charge in [0.15, 0.2) is 6.61 Å². The van der Waals surface area contributed by atoms with Gasteiger partial charge in [0, 0.05) is 17.6 Å². The molecule has 0 radical (unpaired) electrons. The van der Waals surface area contributed by atoms with E-state index in [1.807, 2.05) is 5.38 Å². The van der Waals surface area contributed by atoms with E-state index in [2.05, 4.69) is 15.6 Å². The molecule has 1 aromatic heterocycles. The van der Waals surface area contributed by atoms with Crippen LogP contribution < -0.4 is 21.1 Å². The Bertz CT molecular complexity index is 612. The Morgan fingerprint density at radius 1 is 1.53 bits per heavy atom. The number of anilines is 3. The number of carbonyl (C=O) groups is 1. The van der Waals surface area contributed by atoms with Crippen LogP contribution >= 0.6 is 11.3 Å². The van der Waals surface area contributed by atoms with Crippen LogP contribution in [0.15, 0.2) is 23.7 Å². The van der Waals surface area contributed by atoms with Crippen molar-refractivity contribution in [1.29, 1.82) is 0 Å². The zero-order valence-corrected chi connectivity index (χ0v) is 10.8. The van der Waals surface area contributed by atoms with Crippen molar-refractivity contribution in [2.75, 3.05) is 23.0 Å². The van der Waals surface area contributed by atoms with Crippen LogP contribution in [-0.2, 0) is 11.3 Å². The van der Waals surface area contributed by atoms with Gasteiger partial charge in [0.2, 0.25) is 0 Å². The van der Waals surface area contributed by atoms with Crippen LogP contribution in [0.3, 0.4) is 0 Å². The number of nitrogen functional groups attached to an aromatic ring is 1. The molecule has 98 valence electrons. The predicted molar refractivity (Wildman–Crippen MR) is 74.4 cm³/mol. The number of ether oxygens (including phenoxy) is 1. The number of amides is 1. The highest BCUT2D eigenvalue weighted by Crippen LogP contribution is 2.35. The van der Waals surface area contributed by atoms with Gasteiger partial charge >= 0.3 is 0 Å². The number of thiazole rings is 1. The van der Waals surface area contributed by atoms with Crippen molar-refractivity contribution in [3.8, 4) is 5.75 Å². The molecule has 0 aliphatic carbocycles. The summed E-state index contributed by atoms with van der Waals surface area (Å²) in [4.78, 5) is 15.5. The highest BCUT2D eigenvalue weighted by molar-refractivity contribution is 7.09. The Labute approximate surface area is 113 Å². The van der Waals surface area contributed by atoms with Crippen LogP contribution in [0.5, 0.6) is 5.75 Å². The molecule has 1 aliphatic heterocycles. The molecule has 0 saturated heterocycles. The number of fused-ring (bicyclic) bond motifs is 1. The van der Waals surface area contributed by atoms with E-state index in [0.29, 0.717) is 23.7 Å². The lowest BCUT2D eigenvalue weighted by Crippen LogP contribution is -2.25. The van der Waals surface area contributed by atoms with Crippen molar-refractivity contribution < 1.29 is 9.53 Å². The van der Waals surface area contributed by atoms with Gasteiger partial charge in [0.05, 0.1) is 23.6 Å². The average Bonchev–Trinajstić information content (AvgIpc) is 2.90. The largest absolute Gasteiger partial charge is 0.482 e. The molecule has 6 nitrogen and oxygen atoms in total. The molecular weight excluding hydrogens is 264 g/mol. The van der Waals surface area contributed by atoms with Crippen LogP contribution in [0.1, 0.15) is 5.01 Å². The van der Waals surface area contributed by atoms with Crippen LogP contribution in [0.4, 0.5) is 17.1 Å². The number of rotatable bonds is 3. The average molecular weight is 276 g/mol. The third-order valence-electron chi connectivity index (χ3n) is 2.70. The Balaban J connectivity index is 1.81. The molecule has 0 bridgehead atoms. The minimum Gasteiger partial charge on any atom is -0.482 e. The number of benzene rings is 1. The highest BCUT2D eigenvalue weighted by atomic mass is 32.1. The zero-order valence-electron chi connectivity index (χ0n) is 9.97. The van der Waals surface area contributed by atoms with E-state index in [1.54, 1.807) is 29.7 Å². The van der Waals surface area contributed by atoms with E-state index in [4.69, 9.17) is 10.5 Å². The minimum atomic E-state index is -0.164. The van der Waals surface area contributed by atoms with E-state index in [9.17, 15) is 4.79 Å². The van der Waals surface area contributed by atoms with Gasteiger partial charge < -0.3 is 21.1 Å². The summed E-state index contributed by atoms with van der Waals surface area (Å²) in [6.45, 7) is 0.619. The topological polar surface area (TPSA) is 89.3 Å². The highest BCUT2D eigenvalue weighted by Gasteiger charge is 2.17. The summed E-state index contributed by atoms with van der Waals surface area (Å²) in [6, 6.07) is 3.48. The first-order valence-corrected chi connectivity index (χ1v) is 6.59. The van der Waals surface area contributed by atoms with Crippen molar-refractivity contribution in [3.05, 3.63) is 28.7 Å². The van der Waals surface area contributed by atoms with Gasteiger partial charge in [-0.25, -0.2) is 4.98 Å².